The Morgan fingerprint density at radius 2 is 2.07 bits per heavy atom. The topological polar surface area (TPSA) is 27.7 Å². The van der Waals surface area contributed by atoms with Crippen molar-refractivity contribution in [3.8, 4) is 11.5 Å². The Kier molecular flexibility index (Phi) is 4.90. The Hall–Kier alpha value is -1.29. The van der Waals surface area contributed by atoms with Gasteiger partial charge in [0.2, 0.25) is 0 Å². The number of rotatable bonds is 6. The van der Waals surface area contributed by atoms with Crippen molar-refractivity contribution >= 4 is 0 Å². The predicted octanol–water partition coefficient (Wildman–Crippen LogP) is 2.25. The molecule has 0 saturated heterocycles. The molecule has 4 heteroatoms. The van der Waals surface area contributed by atoms with Crippen molar-refractivity contribution in [2.24, 2.45) is 0 Å². The average Bonchev–Trinajstić information content (AvgIpc) is 2.26. The van der Waals surface area contributed by atoms with E-state index in [1.807, 2.05) is 6.92 Å². The van der Waals surface area contributed by atoms with Gasteiger partial charge in [0.25, 0.3) is 0 Å². The van der Waals surface area contributed by atoms with Crippen molar-refractivity contribution in [3.63, 3.8) is 0 Å². The van der Waals surface area contributed by atoms with E-state index >= 15 is 0 Å². The molecule has 0 fully saturated rings. The highest BCUT2D eigenvalue weighted by atomic mass is 19.1. The molecular weight excluding hydrogens is 199 g/mol. The minimum Gasteiger partial charge on any atom is -0.493 e. The first-order chi connectivity index (χ1) is 7.29. The first kappa shape index (κ1) is 11.8. The van der Waals surface area contributed by atoms with Crippen molar-refractivity contribution in [2.45, 2.75) is 6.92 Å². The van der Waals surface area contributed by atoms with Crippen molar-refractivity contribution in [3.05, 3.63) is 24.0 Å². The van der Waals surface area contributed by atoms with Crippen LogP contribution in [0.25, 0.3) is 0 Å². The van der Waals surface area contributed by atoms with Gasteiger partial charge in [-0.25, -0.2) is 4.39 Å². The van der Waals surface area contributed by atoms with E-state index < -0.39 is 5.82 Å². The molecule has 1 aromatic carbocycles. The van der Waals surface area contributed by atoms with E-state index in [0.717, 1.165) is 0 Å². The standard InChI is InChI=1S/C11H15FO3/c1-3-14-7-8-15-11-9(12)5-4-6-10(11)13-2/h4-6H,3,7-8H2,1-2H3. The van der Waals surface area contributed by atoms with Gasteiger partial charge in [-0.3, -0.25) is 0 Å². The van der Waals surface area contributed by atoms with Crippen molar-refractivity contribution in [2.75, 3.05) is 26.9 Å². The lowest BCUT2D eigenvalue weighted by Crippen LogP contribution is -2.08. The first-order valence-electron chi connectivity index (χ1n) is 4.82. The normalized spacial score (nSPS) is 10.1. The summed E-state index contributed by atoms with van der Waals surface area (Å²) in [6.45, 7) is 3.26. The third-order valence-corrected chi connectivity index (χ3v) is 1.83. The van der Waals surface area contributed by atoms with E-state index in [1.54, 1.807) is 12.1 Å². The van der Waals surface area contributed by atoms with Crippen LogP contribution < -0.4 is 9.47 Å². The zero-order chi connectivity index (χ0) is 11.1. The quantitative estimate of drug-likeness (QED) is 0.680. The largest absolute Gasteiger partial charge is 0.493 e. The fourth-order valence-electron chi connectivity index (χ4n) is 1.14. The van der Waals surface area contributed by atoms with E-state index in [4.69, 9.17) is 14.2 Å². The molecule has 1 rings (SSSR count). The second kappa shape index (κ2) is 6.24. The Morgan fingerprint density at radius 3 is 2.73 bits per heavy atom. The number of hydrogen-bond acceptors (Lipinski definition) is 3. The number of methoxy groups -OCH3 is 1. The average molecular weight is 214 g/mol. The van der Waals surface area contributed by atoms with Gasteiger partial charge in [-0.15, -0.1) is 0 Å². The molecule has 0 heterocycles. The summed E-state index contributed by atoms with van der Waals surface area (Å²) in [6, 6.07) is 4.56. The van der Waals surface area contributed by atoms with Crippen LogP contribution >= 0.6 is 0 Å². The molecule has 0 aliphatic carbocycles. The molecule has 0 aromatic heterocycles. The Labute approximate surface area is 88.8 Å². The van der Waals surface area contributed by atoms with Gasteiger partial charge in [0.05, 0.1) is 13.7 Å². The Balaban J connectivity index is 2.58. The van der Waals surface area contributed by atoms with Gasteiger partial charge in [0.15, 0.2) is 17.3 Å². The Morgan fingerprint density at radius 1 is 1.27 bits per heavy atom. The van der Waals surface area contributed by atoms with E-state index in [-0.39, 0.29) is 5.75 Å². The van der Waals surface area contributed by atoms with Gasteiger partial charge in [-0.2, -0.15) is 0 Å². The molecule has 0 atom stereocenters. The van der Waals surface area contributed by atoms with Gasteiger partial charge in [0, 0.05) is 6.61 Å². The molecule has 0 N–H and O–H groups in total. The molecular formula is C11H15FO3. The lowest BCUT2D eigenvalue weighted by molar-refractivity contribution is 0.107. The minimum absolute atomic E-state index is 0.139. The van der Waals surface area contributed by atoms with Crippen LogP contribution in [0.15, 0.2) is 18.2 Å². The van der Waals surface area contributed by atoms with Gasteiger partial charge in [-0.05, 0) is 19.1 Å². The number of para-hydroxylation sites is 1. The highest BCUT2D eigenvalue weighted by Gasteiger charge is 2.09. The lowest BCUT2D eigenvalue weighted by atomic mass is 10.3. The maximum absolute atomic E-state index is 13.3. The lowest BCUT2D eigenvalue weighted by Gasteiger charge is -2.10. The number of benzene rings is 1. The zero-order valence-electron chi connectivity index (χ0n) is 8.96. The Bertz CT molecular complexity index is 302. The van der Waals surface area contributed by atoms with Crippen LogP contribution in [0.3, 0.4) is 0 Å². The molecule has 0 saturated carbocycles. The van der Waals surface area contributed by atoms with E-state index in [0.29, 0.717) is 25.6 Å². The summed E-state index contributed by atoms with van der Waals surface area (Å²) in [5, 5.41) is 0. The second-order valence-corrected chi connectivity index (χ2v) is 2.82. The molecule has 0 aliphatic rings. The third kappa shape index (κ3) is 3.40. The van der Waals surface area contributed by atoms with Crippen LogP contribution in [0.1, 0.15) is 6.92 Å². The van der Waals surface area contributed by atoms with Gasteiger partial charge < -0.3 is 14.2 Å². The van der Waals surface area contributed by atoms with Gasteiger partial charge in [0.1, 0.15) is 6.61 Å². The summed E-state index contributed by atoms with van der Waals surface area (Å²) in [7, 11) is 1.48. The monoisotopic (exact) mass is 214 g/mol. The van der Waals surface area contributed by atoms with E-state index in [2.05, 4.69) is 0 Å². The summed E-state index contributed by atoms with van der Waals surface area (Å²) < 4.78 is 28.6. The summed E-state index contributed by atoms with van der Waals surface area (Å²) >= 11 is 0. The van der Waals surface area contributed by atoms with Crippen molar-refractivity contribution in [1.82, 2.24) is 0 Å². The van der Waals surface area contributed by atoms with Crippen LogP contribution in [0.4, 0.5) is 4.39 Å². The molecule has 3 nitrogen and oxygen atoms in total. The van der Waals surface area contributed by atoms with Crippen LogP contribution in [0.2, 0.25) is 0 Å². The van der Waals surface area contributed by atoms with Gasteiger partial charge >= 0.3 is 0 Å². The van der Waals surface area contributed by atoms with Crippen molar-refractivity contribution in [1.29, 1.82) is 0 Å². The maximum Gasteiger partial charge on any atom is 0.197 e. The number of ether oxygens (including phenoxy) is 3. The van der Waals surface area contributed by atoms with E-state index in [1.165, 1.54) is 13.2 Å². The summed E-state index contributed by atoms with van der Waals surface area (Å²) in [5.74, 6) is 0.108. The molecule has 15 heavy (non-hydrogen) atoms. The predicted molar refractivity (Wildman–Crippen MR) is 54.9 cm³/mol. The second-order valence-electron chi connectivity index (χ2n) is 2.82. The summed E-state index contributed by atoms with van der Waals surface area (Å²) in [5.41, 5.74) is 0. The molecule has 84 valence electrons. The fourth-order valence-corrected chi connectivity index (χ4v) is 1.14. The molecule has 0 radical (unpaired) electrons. The van der Waals surface area contributed by atoms with Crippen LogP contribution in [0.5, 0.6) is 11.5 Å². The molecule has 0 amide bonds. The summed E-state index contributed by atoms with van der Waals surface area (Å²) in [6.07, 6.45) is 0. The highest BCUT2D eigenvalue weighted by molar-refractivity contribution is 5.40. The molecule has 0 aliphatic heterocycles. The van der Waals surface area contributed by atoms with Crippen LogP contribution in [-0.2, 0) is 4.74 Å². The van der Waals surface area contributed by atoms with Crippen LogP contribution in [-0.4, -0.2) is 26.9 Å². The van der Waals surface area contributed by atoms with E-state index in [9.17, 15) is 4.39 Å². The molecule has 0 unspecified atom stereocenters. The minimum atomic E-state index is -0.425. The molecule has 1 aromatic rings. The maximum atomic E-state index is 13.3. The summed E-state index contributed by atoms with van der Waals surface area (Å²) in [4.78, 5) is 0. The van der Waals surface area contributed by atoms with Gasteiger partial charge in [-0.1, -0.05) is 6.07 Å². The first-order valence-corrected chi connectivity index (χ1v) is 4.82. The van der Waals surface area contributed by atoms with Crippen molar-refractivity contribution < 1.29 is 18.6 Å². The zero-order valence-corrected chi connectivity index (χ0v) is 8.96. The molecule has 0 bridgehead atoms. The highest BCUT2D eigenvalue weighted by Crippen LogP contribution is 2.29. The third-order valence-electron chi connectivity index (χ3n) is 1.83. The number of hydrogen-bond donors (Lipinski definition) is 0. The number of halogens is 1. The van der Waals surface area contributed by atoms with Crippen LogP contribution in [0, 0.1) is 5.82 Å². The molecule has 0 spiro atoms. The fraction of sp³-hybridized carbons (Fsp3) is 0.455. The smallest absolute Gasteiger partial charge is 0.197 e. The SMILES string of the molecule is CCOCCOc1c(F)cccc1OC.